The fraction of sp³-hybridized carbons (Fsp3) is 0.348. The van der Waals surface area contributed by atoms with E-state index in [0.29, 0.717) is 43.3 Å². The number of carbonyl (C=O) groups is 2. The van der Waals surface area contributed by atoms with E-state index in [2.05, 4.69) is 10.3 Å². The van der Waals surface area contributed by atoms with Crippen molar-refractivity contribution in [1.82, 2.24) is 9.88 Å². The van der Waals surface area contributed by atoms with Crippen LogP contribution in [0.5, 0.6) is 11.5 Å². The van der Waals surface area contributed by atoms with Crippen LogP contribution in [-0.4, -0.2) is 42.5 Å². The summed E-state index contributed by atoms with van der Waals surface area (Å²) in [5.74, 6) is 1.78. The SMILES string of the molecule is CCCOc1c(CN(C)C(=O)/C=C/c2cnc3c(c2)CCC(=O)N3)cccc1OC. The number of methoxy groups -OCH3 is 1. The van der Waals surface area contributed by atoms with Gasteiger partial charge in [0.15, 0.2) is 11.5 Å². The first-order chi connectivity index (χ1) is 14.5. The van der Waals surface area contributed by atoms with Crippen molar-refractivity contribution in [3.63, 3.8) is 0 Å². The van der Waals surface area contributed by atoms with Crippen molar-refractivity contribution in [2.24, 2.45) is 0 Å². The first-order valence-corrected chi connectivity index (χ1v) is 10.0. The van der Waals surface area contributed by atoms with Crippen LogP contribution >= 0.6 is 0 Å². The summed E-state index contributed by atoms with van der Waals surface area (Å²) in [6, 6.07) is 7.62. The van der Waals surface area contributed by atoms with Gasteiger partial charge in [0, 0.05) is 37.8 Å². The highest BCUT2D eigenvalue weighted by Gasteiger charge is 2.16. The molecule has 0 saturated carbocycles. The number of para-hydroxylation sites is 1. The molecule has 3 rings (SSSR count). The molecule has 7 nitrogen and oxygen atoms in total. The van der Waals surface area contributed by atoms with Crippen LogP contribution in [-0.2, 0) is 22.6 Å². The minimum Gasteiger partial charge on any atom is -0.493 e. The number of amides is 2. The van der Waals surface area contributed by atoms with Crippen LogP contribution in [0.3, 0.4) is 0 Å². The molecule has 2 heterocycles. The number of nitrogens with zero attached hydrogens (tertiary/aromatic N) is 2. The topological polar surface area (TPSA) is 80.8 Å². The molecule has 0 unspecified atom stereocenters. The highest BCUT2D eigenvalue weighted by molar-refractivity contribution is 5.93. The zero-order valence-electron chi connectivity index (χ0n) is 17.6. The predicted octanol–water partition coefficient (Wildman–Crippen LogP) is 3.44. The maximum Gasteiger partial charge on any atom is 0.246 e. The van der Waals surface area contributed by atoms with E-state index in [1.54, 1.807) is 31.3 Å². The summed E-state index contributed by atoms with van der Waals surface area (Å²) in [6.07, 6.45) is 6.90. The predicted molar refractivity (Wildman–Crippen MR) is 115 cm³/mol. The lowest BCUT2D eigenvalue weighted by Crippen LogP contribution is -2.24. The zero-order chi connectivity index (χ0) is 21.5. The standard InChI is InChI=1S/C23H27N3O4/c1-4-12-30-22-18(6-5-7-19(22)29-3)15-26(2)21(28)11-8-16-13-17-9-10-20(27)25-23(17)24-14-16/h5-8,11,13-14H,4,9-10,12,15H2,1-3H3,(H,24,25,27)/b11-8+. The summed E-state index contributed by atoms with van der Waals surface area (Å²) in [5.41, 5.74) is 2.69. The Morgan fingerprint density at radius 2 is 2.17 bits per heavy atom. The van der Waals surface area contributed by atoms with E-state index in [1.165, 1.54) is 6.08 Å². The minimum absolute atomic E-state index is 0.0186. The lowest BCUT2D eigenvalue weighted by Gasteiger charge is -2.19. The molecule has 0 radical (unpaired) electrons. The number of aryl methyl sites for hydroxylation is 1. The molecular weight excluding hydrogens is 382 g/mol. The molecule has 0 saturated heterocycles. The Morgan fingerprint density at radius 1 is 1.33 bits per heavy atom. The second-order valence-corrected chi connectivity index (χ2v) is 7.15. The lowest BCUT2D eigenvalue weighted by atomic mass is 10.0. The van der Waals surface area contributed by atoms with Gasteiger partial charge in [0.1, 0.15) is 5.82 Å². The molecule has 0 fully saturated rings. The number of nitrogens with one attached hydrogen (secondary N) is 1. The van der Waals surface area contributed by atoms with Crippen LogP contribution in [0.4, 0.5) is 5.82 Å². The zero-order valence-corrected chi connectivity index (χ0v) is 17.6. The van der Waals surface area contributed by atoms with Crippen molar-refractivity contribution in [1.29, 1.82) is 0 Å². The normalized spacial score (nSPS) is 13.0. The average molecular weight is 409 g/mol. The maximum absolute atomic E-state index is 12.6. The van der Waals surface area contributed by atoms with Crippen LogP contribution in [0.25, 0.3) is 6.08 Å². The average Bonchev–Trinajstić information content (AvgIpc) is 2.76. The molecule has 7 heteroatoms. The largest absolute Gasteiger partial charge is 0.493 e. The molecule has 2 amide bonds. The van der Waals surface area contributed by atoms with Gasteiger partial charge < -0.3 is 19.7 Å². The third-order valence-corrected chi connectivity index (χ3v) is 4.80. The van der Waals surface area contributed by atoms with Crippen molar-refractivity contribution in [3.05, 3.63) is 53.2 Å². The van der Waals surface area contributed by atoms with E-state index in [9.17, 15) is 9.59 Å². The molecule has 1 N–H and O–H groups in total. The van der Waals surface area contributed by atoms with Crippen LogP contribution in [0.15, 0.2) is 36.5 Å². The summed E-state index contributed by atoms with van der Waals surface area (Å²) in [6.45, 7) is 3.02. The number of carbonyl (C=O) groups excluding carboxylic acids is 2. The molecule has 1 aliphatic heterocycles. The molecule has 0 aliphatic carbocycles. The minimum atomic E-state index is -0.134. The number of hydrogen-bond acceptors (Lipinski definition) is 5. The number of likely N-dealkylation sites (N-methyl/N-ethyl adjacent to an activating group) is 1. The van der Waals surface area contributed by atoms with Crippen molar-refractivity contribution in [3.8, 4) is 11.5 Å². The van der Waals surface area contributed by atoms with Crippen molar-refractivity contribution in [2.75, 3.05) is 26.1 Å². The van der Waals surface area contributed by atoms with Crippen LogP contribution < -0.4 is 14.8 Å². The fourth-order valence-corrected chi connectivity index (χ4v) is 3.21. The first-order valence-electron chi connectivity index (χ1n) is 10.0. The van der Waals surface area contributed by atoms with Crippen molar-refractivity contribution < 1.29 is 19.1 Å². The van der Waals surface area contributed by atoms with Crippen LogP contribution in [0.1, 0.15) is 36.5 Å². The van der Waals surface area contributed by atoms with E-state index >= 15 is 0 Å². The van der Waals surface area contributed by atoms with Gasteiger partial charge in [-0.15, -0.1) is 0 Å². The van der Waals surface area contributed by atoms with E-state index in [-0.39, 0.29) is 11.8 Å². The number of aromatic nitrogens is 1. The van der Waals surface area contributed by atoms with Gasteiger partial charge in [0.05, 0.1) is 13.7 Å². The number of rotatable bonds is 8. The van der Waals surface area contributed by atoms with Crippen LogP contribution in [0, 0.1) is 0 Å². The molecular formula is C23H27N3O4. The Hall–Kier alpha value is -3.35. The Bertz CT molecular complexity index is 955. The van der Waals surface area contributed by atoms with Gasteiger partial charge in [0.2, 0.25) is 11.8 Å². The molecule has 1 aromatic carbocycles. The number of hydrogen-bond donors (Lipinski definition) is 1. The van der Waals surface area contributed by atoms with Gasteiger partial charge in [-0.05, 0) is 42.2 Å². The number of fused-ring (bicyclic) bond motifs is 1. The molecule has 0 bridgehead atoms. The van der Waals surface area contributed by atoms with Gasteiger partial charge in [0.25, 0.3) is 0 Å². The Labute approximate surface area is 176 Å². The lowest BCUT2D eigenvalue weighted by molar-refractivity contribution is -0.125. The molecule has 1 aromatic heterocycles. The molecule has 1 aliphatic rings. The van der Waals surface area contributed by atoms with E-state index in [1.807, 2.05) is 31.2 Å². The highest BCUT2D eigenvalue weighted by atomic mass is 16.5. The van der Waals surface area contributed by atoms with Gasteiger partial charge >= 0.3 is 0 Å². The number of pyridine rings is 1. The van der Waals surface area contributed by atoms with E-state index in [0.717, 1.165) is 23.1 Å². The second kappa shape index (κ2) is 9.91. The third-order valence-electron chi connectivity index (χ3n) is 4.80. The molecule has 2 aromatic rings. The quantitative estimate of drug-likeness (QED) is 0.676. The van der Waals surface area contributed by atoms with Gasteiger partial charge in [-0.2, -0.15) is 0 Å². The summed E-state index contributed by atoms with van der Waals surface area (Å²) >= 11 is 0. The first kappa shape index (κ1) is 21.4. The van der Waals surface area contributed by atoms with Crippen LogP contribution in [0.2, 0.25) is 0 Å². The summed E-state index contributed by atoms with van der Waals surface area (Å²) in [7, 11) is 3.35. The van der Waals surface area contributed by atoms with Crippen molar-refractivity contribution >= 4 is 23.7 Å². The second-order valence-electron chi connectivity index (χ2n) is 7.15. The van der Waals surface area contributed by atoms with Gasteiger partial charge in [-0.1, -0.05) is 19.1 Å². The van der Waals surface area contributed by atoms with E-state index in [4.69, 9.17) is 9.47 Å². The Morgan fingerprint density at radius 3 is 2.93 bits per heavy atom. The number of benzene rings is 1. The highest BCUT2D eigenvalue weighted by Crippen LogP contribution is 2.32. The summed E-state index contributed by atoms with van der Waals surface area (Å²) in [4.78, 5) is 30.0. The Kier molecular flexibility index (Phi) is 7.06. The molecule has 30 heavy (non-hydrogen) atoms. The van der Waals surface area contributed by atoms with E-state index < -0.39 is 0 Å². The summed E-state index contributed by atoms with van der Waals surface area (Å²) in [5, 5.41) is 2.76. The number of anilines is 1. The fourth-order valence-electron chi connectivity index (χ4n) is 3.21. The molecule has 0 atom stereocenters. The monoisotopic (exact) mass is 409 g/mol. The molecule has 0 spiro atoms. The van der Waals surface area contributed by atoms with Gasteiger partial charge in [-0.25, -0.2) is 4.98 Å². The summed E-state index contributed by atoms with van der Waals surface area (Å²) < 4.78 is 11.3. The van der Waals surface area contributed by atoms with Gasteiger partial charge in [-0.3, -0.25) is 9.59 Å². The van der Waals surface area contributed by atoms with Crippen molar-refractivity contribution in [2.45, 2.75) is 32.7 Å². The number of ether oxygens (including phenoxy) is 2. The third kappa shape index (κ3) is 5.17. The Balaban J connectivity index is 1.69. The molecule has 158 valence electrons. The maximum atomic E-state index is 12.6. The smallest absolute Gasteiger partial charge is 0.246 e.